The molecule has 2 aliphatic rings. The van der Waals surface area contributed by atoms with Crippen molar-refractivity contribution in [2.75, 3.05) is 26.2 Å². The van der Waals surface area contributed by atoms with Gasteiger partial charge in [-0.25, -0.2) is 4.98 Å². The molecule has 0 atom stereocenters. The van der Waals surface area contributed by atoms with Gasteiger partial charge < -0.3 is 14.6 Å². The van der Waals surface area contributed by atoms with Crippen LogP contribution >= 0.6 is 36.2 Å². The molecule has 24 heavy (non-hydrogen) atoms. The Labute approximate surface area is 157 Å². The van der Waals surface area contributed by atoms with Crippen LogP contribution in [0.15, 0.2) is 29.0 Å². The van der Waals surface area contributed by atoms with Crippen molar-refractivity contribution < 1.29 is 9.21 Å². The predicted molar refractivity (Wildman–Crippen MR) is 99.4 cm³/mol. The highest BCUT2D eigenvalue weighted by Crippen LogP contribution is 2.37. The molecule has 0 unspecified atom stereocenters. The predicted octanol–water partition coefficient (Wildman–Crippen LogP) is 3.46. The van der Waals surface area contributed by atoms with E-state index in [1.165, 1.54) is 17.8 Å². The van der Waals surface area contributed by atoms with E-state index >= 15 is 0 Å². The molecule has 4 heterocycles. The number of thiazole rings is 1. The van der Waals surface area contributed by atoms with Crippen molar-refractivity contribution in [1.29, 1.82) is 0 Å². The molecule has 1 N–H and O–H groups in total. The molecular formula is C16H21Cl2N3O2S. The monoisotopic (exact) mass is 389 g/mol. The average molecular weight is 390 g/mol. The van der Waals surface area contributed by atoms with Crippen LogP contribution in [0.25, 0.3) is 10.8 Å². The number of nitrogens with zero attached hydrogens (tertiary/aromatic N) is 2. The van der Waals surface area contributed by atoms with Crippen molar-refractivity contribution in [3.8, 4) is 10.8 Å². The fourth-order valence-electron chi connectivity index (χ4n) is 3.45. The molecule has 0 radical (unpaired) electrons. The lowest BCUT2D eigenvalue weighted by molar-refractivity contribution is 0.0612. The van der Waals surface area contributed by atoms with E-state index in [2.05, 4.69) is 10.3 Å². The number of hydrogen-bond donors (Lipinski definition) is 1. The fraction of sp³-hybridized carbons (Fsp3) is 0.500. The molecule has 0 aliphatic carbocycles. The van der Waals surface area contributed by atoms with Gasteiger partial charge in [0.25, 0.3) is 5.91 Å². The number of furan rings is 1. The van der Waals surface area contributed by atoms with Gasteiger partial charge in [0, 0.05) is 19.6 Å². The van der Waals surface area contributed by atoms with E-state index in [-0.39, 0.29) is 30.7 Å². The summed E-state index contributed by atoms with van der Waals surface area (Å²) in [5.41, 5.74) is 0.434. The molecule has 0 saturated carbocycles. The molecule has 2 aliphatic heterocycles. The van der Waals surface area contributed by atoms with Crippen molar-refractivity contribution in [1.82, 2.24) is 15.2 Å². The summed E-state index contributed by atoms with van der Waals surface area (Å²) in [4.78, 5) is 19.6. The molecule has 132 valence electrons. The molecule has 1 amide bonds. The lowest BCUT2D eigenvalue weighted by atomic mass is 9.78. The zero-order chi connectivity index (χ0) is 15.0. The van der Waals surface area contributed by atoms with Crippen LogP contribution in [0.5, 0.6) is 0 Å². The van der Waals surface area contributed by atoms with Gasteiger partial charge in [-0.15, -0.1) is 36.2 Å². The lowest BCUT2D eigenvalue weighted by Crippen LogP contribution is -2.43. The van der Waals surface area contributed by atoms with Gasteiger partial charge in [-0.3, -0.25) is 4.79 Å². The first-order valence-corrected chi connectivity index (χ1v) is 8.57. The summed E-state index contributed by atoms with van der Waals surface area (Å²) in [6.07, 6.45) is 6.76. The van der Waals surface area contributed by atoms with Crippen LogP contribution in [0.1, 0.15) is 28.9 Å². The Morgan fingerprint density at radius 3 is 2.71 bits per heavy atom. The molecule has 4 rings (SSSR count). The van der Waals surface area contributed by atoms with Gasteiger partial charge in [0.2, 0.25) is 0 Å². The second-order valence-corrected chi connectivity index (χ2v) is 7.26. The lowest BCUT2D eigenvalue weighted by Gasteiger charge is -2.38. The maximum atomic E-state index is 12.6. The zero-order valence-corrected chi connectivity index (χ0v) is 15.6. The van der Waals surface area contributed by atoms with Gasteiger partial charge in [-0.05, 0) is 43.4 Å². The van der Waals surface area contributed by atoms with Gasteiger partial charge in [-0.2, -0.15) is 0 Å². The topological polar surface area (TPSA) is 58.4 Å². The minimum atomic E-state index is 0. The van der Waals surface area contributed by atoms with Crippen LogP contribution < -0.4 is 5.32 Å². The number of nitrogens with one attached hydrogen (secondary N) is 1. The first kappa shape index (κ1) is 19.2. The average Bonchev–Trinajstić information content (AvgIpc) is 3.29. The highest BCUT2D eigenvalue weighted by Gasteiger charge is 2.38. The maximum absolute atomic E-state index is 12.6. The normalized spacial score (nSPS) is 18.9. The van der Waals surface area contributed by atoms with Crippen molar-refractivity contribution in [2.24, 2.45) is 5.41 Å². The van der Waals surface area contributed by atoms with E-state index in [0.29, 0.717) is 10.3 Å². The number of rotatable bonds is 2. The van der Waals surface area contributed by atoms with E-state index in [0.717, 1.165) is 49.8 Å². The summed E-state index contributed by atoms with van der Waals surface area (Å²) < 4.78 is 5.34. The van der Waals surface area contributed by atoms with E-state index < -0.39 is 0 Å². The Hall–Kier alpha value is -1.08. The molecule has 1 spiro atoms. The Balaban J connectivity index is 0.00000104. The number of halogens is 2. The highest BCUT2D eigenvalue weighted by atomic mass is 35.5. The second-order valence-electron chi connectivity index (χ2n) is 6.23. The fourth-order valence-corrected chi connectivity index (χ4v) is 4.30. The first-order valence-electron chi connectivity index (χ1n) is 7.76. The zero-order valence-electron chi connectivity index (χ0n) is 13.2. The standard InChI is InChI=1S/C16H19N3O2S.2ClH/c20-15(13-10-18-14(22-13)12-2-1-9-21-12)19-7-4-16(5-8-19)3-6-17-11-16;;/h1-2,9-10,17H,3-8,11H2;2*1H. The second kappa shape index (κ2) is 7.87. The summed E-state index contributed by atoms with van der Waals surface area (Å²) in [5.74, 6) is 0.829. The van der Waals surface area contributed by atoms with Crippen LogP contribution in [0.4, 0.5) is 0 Å². The molecule has 0 aromatic carbocycles. The highest BCUT2D eigenvalue weighted by molar-refractivity contribution is 7.16. The van der Waals surface area contributed by atoms with Crippen LogP contribution in [0.3, 0.4) is 0 Å². The number of hydrogen-bond acceptors (Lipinski definition) is 5. The Kier molecular flexibility index (Phi) is 6.31. The molecule has 0 bridgehead atoms. The van der Waals surface area contributed by atoms with Gasteiger partial charge in [-0.1, -0.05) is 0 Å². The number of piperidine rings is 1. The SMILES string of the molecule is Cl.Cl.O=C(c1cnc(-c2ccco2)s1)N1CCC2(CCNC2)CC1. The molecular weight excluding hydrogens is 369 g/mol. The third-order valence-electron chi connectivity index (χ3n) is 4.89. The van der Waals surface area contributed by atoms with Gasteiger partial charge in [0.1, 0.15) is 4.88 Å². The summed E-state index contributed by atoms with van der Waals surface area (Å²) in [6.45, 7) is 3.94. The molecule has 2 aromatic rings. The Bertz CT molecular complexity index is 659. The number of carbonyl (C=O) groups is 1. The van der Waals surface area contributed by atoms with Crippen molar-refractivity contribution >= 4 is 42.1 Å². The largest absolute Gasteiger partial charge is 0.462 e. The minimum Gasteiger partial charge on any atom is -0.462 e. The molecule has 2 aromatic heterocycles. The van der Waals surface area contributed by atoms with Crippen molar-refractivity contribution in [2.45, 2.75) is 19.3 Å². The van der Waals surface area contributed by atoms with E-state index in [1.807, 2.05) is 17.0 Å². The summed E-state index contributed by atoms with van der Waals surface area (Å²) in [6, 6.07) is 3.70. The van der Waals surface area contributed by atoms with E-state index in [4.69, 9.17) is 4.42 Å². The summed E-state index contributed by atoms with van der Waals surface area (Å²) >= 11 is 1.41. The quantitative estimate of drug-likeness (QED) is 0.853. The van der Waals surface area contributed by atoms with Gasteiger partial charge >= 0.3 is 0 Å². The van der Waals surface area contributed by atoms with E-state index in [9.17, 15) is 4.79 Å². The van der Waals surface area contributed by atoms with Crippen molar-refractivity contribution in [3.63, 3.8) is 0 Å². The van der Waals surface area contributed by atoms with Crippen LogP contribution in [-0.4, -0.2) is 42.0 Å². The van der Waals surface area contributed by atoms with Gasteiger partial charge in [0.05, 0.1) is 12.5 Å². The van der Waals surface area contributed by atoms with Crippen LogP contribution in [-0.2, 0) is 0 Å². The molecule has 2 fully saturated rings. The third-order valence-corrected chi connectivity index (χ3v) is 5.89. The number of amides is 1. The van der Waals surface area contributed by atoms with Gasteiger partial charge in [0.15, 0.2) is 10.8 Å². The maximum Gasteiger partial charge on any atom is 0.265 e. The molecule has 8 heteroatoms. The summed E-state index contributed by atoms with van der Waals surface area (Å²) in [5, 5.41) is 4.22. The Morgan fingerprint density at radius 2 is 2.08 bits per heavy atom. The Morgan fingerprint density at radius 1 is 1.29 bits per heavy atom. The van der Waals surface area contributed by atoms with Crippen LogP contribution in [0, 0.1) is 5.41 Å². The molecule has 2 saturated heterocycles. The summed E-state index contributed by atoms with van der Waals surface area (Å²) in [7, 11) is 0. The van der Waals surface area contributed by atoms with Crippen LogP contribution in [0.2, 0.25) is 0 Å². The first-order chi connectivity index (χ1) is 10.8. The molecule has 5 nitrogen and oxygen atoms in total. The number of carbonyl (C=O) groups excluding carboxylic acids is 1. The van der Waals surface area contributed by atoms with E-state index in [1.54, 1.807) is 12.5 Å². The third kappa shape index (κ3) is 3.61. The number of aromatic nitrogens is 1. The van der Waals surface area contributed by atoms with Crippen molar-refractivity contribution in [3.05, 3.63) is 29.5 Å². The number of likely N-dealkylation sites (tertiary alicyclic amines) is 1. The smallest absolute Gasteiger partial charge is 0.265 e. The minimum absolute atomic E-state index is 0.